The molecule has 0 atom stereocenters. The highest BCUT2D eigenvalue weighted by Gasteiger charge is 2.39. The van der Waals surface area contributed by atoms with Gasteiger partial charge in [-0.3, -0.25) is 0 Å². The third-order valence-corrected chi connectivity index (χ3v) is 10.4. The van der Waals surface area contributed by atoms with Crippen LogP contribution in [0.5, 0.6) is 0 Å². The van der Waals surface area contributed by atoms with Crippen molar-refractivity contribution in [3.63, 3.8) is 0 Å². The number of hydrogen-bond acceptors (Lipinski definition) is 6. The van der Waals surface area contributed by atoms with Crippen LogP contribution in [0.4, 0.5) is 0 Å². The van der Waals surface area contributed by atoms with E-state index < -0.39 is 8.80 Å². The van der Waals surface area contributed by atoms with E-state index in [0.717, 1.165) is 64.9 Å². The molecule has 0 saturated heterocycles. The number of unbranched alkanes of at least 4 members (excludes halogenated alkanes) is 6. The molecule has 7 heteroatoms. The summed E-state index contributed by atoms with van der Waals surface area (Å²) >= 11 is 0. The van der Waals surface area contributed by atoms with Gasteiger partial charge in [-0.05, 0) is 77.8 Å². The van der Waals surface area contributed by atoms with Gasteiger partial charge in [0.25, 0.3) is 0 Å². The first-order valence-corrected chi connectivity index (χ1v) is 19.1. The van der Waals surface area contributed by atoms with E-state index in [9.17, 15) is 0 Å². The number of nitrogens with zero attached hydrogens (tertiary/aromatic N) is 3. The summed E-state index contributed by atoms with van der Waals surface area (Å²) in [5, 5.41) is 0. The predicted octanol–water partition coefficient (Wildman–Crippen LogP) is 7.70. The lowest BCUT2D eigenvalue weighted by Gasteiger charge is -2.32. The molecular weight excluding hydrogens is 502 g/mol. The Balaban J connectivity index is 5.25. The van der Waals surface area contributed by atoms with Gasteiger partial charge in [-0.2, -0.15) is 0 Å². The van der Waals surface area contributed by atoms with Gasteiger partial charge < -0.3 is 28.0 Å². The van der Waals surface area contributed by atoms with Crippen LogP contribution in [0.2, 0.25) is 6.04 Å². The molecule has 6 nitrogen and oxygen atoms in total. The standard InChI is InChI=1S/C32H71N3O3Si/c1-8-15-21-33(22-16-9-2)27-30-36-39(14-7,37-31-28-34(23-17-10-3)24-18-11-4)38-32-29-35(25-19-12-5)26-20-13-6/h8-32H2,1-7H3. The van der Waals surface area contributed by atoms with Crippen LogP contribution in [0.3, 0.4) is 0 Å². The summed E-state index contributed by atoms with van der Waals surface area (Å²) in [5.74, 6) is 0. The molecule has 0 aliphatic carbocycles. The number of hydrogen-bond donors (Lipinski definition) is 0. The molecule has 0 fully saturated rings. The van der Waals surface area contributed by atoms with E-state index in [1.54, 1.807) is 0 Å². The van der Waals surface area contributed by atoms with Crippen molar-refractivity contribution >= 4 is 8.80 Å². The summed E-state index contributed by atoms with van der Waals surface area (Å²) in [5.41, 5.74) is 0. The lowest BCUT2D eigenvalue weighted by Crippen LogP contribution is -2.49. The molecule has 236 valence electrons. The van der Waals surface area contributed by atoms with Crippen molar-refractivity contribution in [2.45, 2.75) is 132 Å². The molecule has 0 saturated carbocycles. The van der Waals surface area contributed by atoms with Gasteiger partial charge in [0.15, 0.2) is 0 Å². The molecule has 0 N–H and O–H groups in total. The van der Waals surface area contributed by atoms with Gasteiger partial charge in [-0.1, -0.05) is 87.0 Å². The van der Waals surface area contributed by atoms with Gasteiger partial charge in [-0.25, -0.2) is 0 Å². The maximum absolute atomic E-state index is 6.67. The summed E-state index contributed by atoms with van der Waals surface area (Å²) in [7, 11) is -2.74. The van der Waals surface area contributed by atoms with Crippen molar-refractivity contribution in [2.75, 3.05) is 78.7 Å². The zero-order valence-electron chi connectivity index (χ0n) is 27.7. The molecule has 0 bridgehead atoms. The lowest BCUT2D eigenvalue weighted by molar-refractivity contribution is 0.0389. The fourth-order valence-corrected chi connectivity index (χ4v) is 6.79. The van der Waals surface area contributed by atoms with E-state index in [2.05, 4.69) is 63.2 Å². The first-order chi connectivity index (χ1) is 19.0. The molecule has 0 amide bonds. The highest BCUT2D eigenvalue weighted by atomic mass is 28.4. The Morgan fingerprint density at radius 2 is 0.590 bits per heavy atom. The molecule has 39 heavy (non-hydrogen) atoms. The van der Waals surface area contributed by atoms with Crippen molar-refractivity contribution in [3.05, 3.63) is 0 Å². The van der Waals surface area contributed by atoms with E-state index in [1.165, 1.54) is 77.0 Å². The fourth-order valence-electron chi connectivity index (χ4n) is 4.72. The van der Waals surface area contributed by atoms with Gasteiger partial charge in [-0.15, -0.1) is 0 Å². The molecule has 0 aromatic heterocycles. The second-order valence-electron chi connectivity index (χ2n) is 11.2. The molecule has 0 aliphatic heterocycles. The quantitative estimate of drug-likeness (QED) is 0.0791. The fraction of sp³-hybridized carbons (Fsp3) is 1.00. The monoisotopic (exact) mass is 574 g/mol. The van der Waals surface area contributed by atoms with Crippen LogP contribution in [0.15, 0.2) is 0 Å². The first-order valence-electron chi connectivity index (χ1n) is 17.1. The van der Waals surface area contributed by atoms with Crippen LogP contribution < -0.4 is 0 Å². The lowest BCUT2D eigenvalue weighted by atomic mass is 10.2. The molecule has 0 aromatic rings. The molecule has 0 aliphatic rings. The van der Waals surface area contributed by atoms with Gasteiger partial charge in [0, 0.05) is 25.7 Å². The van der Waals surface area contributed by atoms with Gasteiger partial charge >= 0.3 is 8.80 Å². The summed E-state index contributed by atoms with van der Waals surface area (Å²) in [6.45, 7) is 27.9. The Bertz CT molecular complexity index is 413. The van der Waals surface area contributed by atoms with E-state index in [4.69, 9.17) is 13.3 Å². The predicted molar refractivity (Wildman–Crippen MR) is 173 cm³/mol. The van der Waals surface area contributed by atoms with Crippen LogP contribution in [0, 0.1) is 0 Å². The van der Waals surface area contributed by atoms with Gasteiger partial charge in [0.05, 0.1) is 19.8 Å². The average Bonchev–Trinajstić information content (AvgIpc) is 2.95. The minimum atomic E-state index is -2.74. The SMILES string of the molecule is CCCCN(CCCC)CCO[Si](CC)(OCCN(CCCC)CCCC)OCCN(CCCC)CCCC. The Morgan fingerprint density at radius 3 is 0.769 bits per heavy atom. The second kappa shape index (κ2) is 28.1. The van der Waals surface area contributed by atoms with Crippen molar-refractivity contribution in [1.29, 1.82) is 0 Å². The van der Waals surface area contributed by atoms with E-state index in [1.807, 2.05) is 0 Å². The minimum absolute atomic E-state index is 0.707. The smallest absolute Gasteiger partial charge is 0.372 e. The molecule has 0 heterocycles. The molecule has 0 radical (unpaired) electrons. The Labute approximate surface area is 246 Å². The third kappa shape index (κ3) is 21.4. The first kappa shape index (κ1) is 39.0. The van der Waals surface area contributed by atoms with Crippen LogP contribution in [-0.4, -0.2) is 102 Å². The van der Waals surface area contributed by atoms with Gasteiger partial charge in [0.2, 0.25) is 0 Å². The molecule has 0 unspecified atom stereocenters. The summed E-state index contributed by atoms with van der Waals surface area (Å²) in [6.07, 6.45) is 15.0. The molecule has 0 spiro atoms. The topological polar surface area (TPSA) is 37.4 Å². The highest BCUT2D eigenvalue weighted by Crippen LogP contribution is 2.17. The van der Waals surface area contributed by atoms with E-state index in [-0.39, 0.29) is 0 Å². The zero-order chi connectivity index (χ0) is 29.0. The molecule has 0 rings (SSSR count). The van der Waals surface area contributed by atoms with Crippen LogP contribution in [0.25, 0.3) is 0 Å². The largest absolute Gasteiger partial charge is 0.500 e. The maximum Gasteiger partial charge on any atom is 0.500 e. The summed E-state index contributed by atoms with van der Waals surface area (Å²) in [6, 6.07) is 0.838. The van der Waals surface area contributed by atoms with Gasteiger partial charge in [0.1, 0.15) is 0 Å². The second-order valence-corrected chi connectivity index (χ2v) is 14.2. The minimum Gasteiger partial charge on any atom is -0.372 e. The molecule has 0 aromatic carbocycles. The number of rotatable bonds is 31. The van der Waals surface area contributed by atoms with Crippen molar-refractivity contribution in [2.24, 2.45) is 0 Å². The van der Waals surface area contributed by atoms with E-state index >= 15 is 0 Å². The Morgan fingerprint density at radius 1 is 0.359 bits per heavy atom. The van der Waals surface area contributed by atoms with Crippen LogP contribution in [0.1, 0.15) is 126 Å². The Kier molecular flexibility index (Phi) is 28.1. The third-order valence-electron chi connectivity index (χ3n) is 7.59. The highest BCUT2D eigenvalue weighted by molar-refractivity contribution is 6.60. The summed E-state index contributed by atoms with van der Waals surface area (Å²) < 4.78 is 20.0. The average molecular weight is 574 g/mol. The zero-order valence-corrected chi connectivity index (χ0v) is 28.7. The van der Waals surface area contributed by atoms with Crippen molar-refractivity contribution in [3.8, 4) is 0 Å². The normalized spacial score (nSPS) is 12.5. The molecular formula is C32H71N3O3Si. The Hall–Kier alpha value is -0.0231. The summed E-state index contributed by atoms with van der Waals surface area (Å²) in [4.78, 5) is 7.74. The maximum atomic E-state index is 6.67. The van der Waals surface area contributed by atoms with Crippen molar-refractivity contribution in [1.82, 2.24) is 14.7 Å². The van der Waals surface area contributed by atoms with E-state index in [0.29, 0.717) is 19.8 Å². The van der Waals surface area contributed by atoms with Crippen LogP contribution >= 0.6 is 0 Å². The van der Waals surface area contributed by atoms with Crippen molar-refractivity contribution < 1.29 is 13.3 Å². The van der Waals surface area contributed by atoms with Crippen LogP contribution in [-0.2, 0) is 13.3 Å².